The first-order valence-electron chi connectivity index (χ1n) is 3.16. The Labute approximate surface area is 82.2 Å². The number of carboxylic acids is 1. The number of aliphatic carboxylic acids is 1. The van der Waals surface area contributed by atoms with E-state index in [1.165, 1.54) is 6.33 Å². The van der Waals surface area contributed by atoms with E-state index in [1.54, 1.807) is 6.20 Å². The molecule has 92 valence electrons. The van der Waals surface area contributed by atoms with Gasteiger partial charge in [0.05, 0.1) is 6.33 Å². The largest absolute Gasteiger partial charge is 0.480 e. The van der Waals surface area contributed by atoms with E-state index in [0.29, 0.717) is 0 Å². The van der Waals surface area contributed by atoms with Gasteiger partial charge in [-0.15, -0.1) is 0 Å². The fourth-order valence-electron chi connectivity index (χ4n) is 0.721. The molecule has 0 aliphatic heterocycles. The second-order valence-electron chi connectivity index (χ2n) is 2.23. The van der Waals surface area contributed by atoms with Gasteiger partial charge in [0.25, 0.3) is 0 Å². The molecule has 1 aromatic rings. The summed E-state index contributed by atoms with van der Waals surface area (Å²) in [6, 6.07) is -0.851. The molecule has 5 nitrogen and oxygen atoms in total. The number of carbonyl (C=O) groups is 1. The summed E-state index contributed by atoms with van der Waals surface area (Å²) in [4.78, 5) is 16.8. The molecule has 0 radical (unpaired) electrons. The second kappa shape index (κ2) is 10.4. The number of nitrogens with two attached hydrogens (primary N) is 1. The summed E-state index contributed by atoms with van der Waals surface area (Å²) < 4.78 is 0. The molecule has 4 N–H and O–H groups in total. The van der Waals surface area contributed by atoms with Crippen molar-refractivity contribution < 1.29 is 28.7 Å². The second-order valence-corrected chi connectivity index (χ2v) is 2.23. The van der Waals surface area contributed by atoms with Crippen LogP contribution in [-0.2, 0) is 11.2 Å². The van der Waals surface area contributed by atoms with Gasteiger partial charge in [0.15, 0.2) is 0 Å². The van der Waals surface area contributed by atoms with E-state index >= 15 is 0 Å². The van der Waals surface area contributed by atoms with Gasteiger partial charge in [0.1, 0.15) is 6.04 Å². The Morgan fingerprint density at radius 2 is 2.00 bits per heavy atom. The van der Waals surface area contributed by atoms with Crippen molar-refractivity contribution in [2.24, 2.45) is 5.73 Å². The van der Waals surface area contributed by atoms with E-state index in [1.807, 2.05) is 0 Å². The van der Waals surface area contributed by atoms with Crippen molar-refractivity contribution in [1.29, 1.82) is 0 Å². The van der Waals surface area contributed by atoms with Crippen LogP contribution in [0.1, 0.15) is 5.69 Å². The highest BCUT2D eigenvalue weighted by molar-refractivity contribution is 5.73. The number of hydrogen-bond donors (Lipinski definition) is 3. The predicted molar refractivity (Wildman–Crippen MR) is 47.9 cm³/mol. The van der Waals surface area contributed by atoms with E-state index in [-0.39, 0.29) is 25.2 Å². The van der Waals surface area contributed by atoms with Crippen LogP contribution in [0.2, 0.25) is 0 Å². The number of rotatable bonds is 3. The molecule has 0 amide bonds. The standard InChI is InChI=1S/C6H9N3O2.4FH/c7-5(6(10)11)1-4-2-8-3-9-4;;;;/h2-3,5H,1,7H2,(H,8,9)(H,10,11);4*1H. The predicted octanol–water partition coefficient (Wildman–Crippen LogP) is -0.0259. The van der Waals surface area contributed by atoms with Crippen LogP contribution in [0, 0.1) is 0 Å². The molecule has 0 aromatic carbocycles. The van der Waals surface area contributed by atoms with E-state index in [2.05, 4.69) is 9.97 Å². The fraction of sp³-hybridized carbons (Fsp3) is 0.333. The van der Waals surface area contributed by atoms with Crippen molar-refractivity contribution in [2.75, 3.05) is 0 Å². The van der Waals surface area contributed by atoms with Gasteiger partial charge in [0.2, 0.25) is 0 Å². The monoisotopic (exact) mass is 235 g/mol. The van der Waals surface area contributed by atoms with Crippen molar-refractivity contribution in [1.82, 2.24) is 9.97 Å². The summed E-state index contributed by atoms with van der Waals surface area (Å²) in [5.41, 5.74) is 6.00. The molecule has 1 atom stereocenters. The molecule has 0 aliphatic carbocycles. The zero-order valence-corrected chi connectivity index (χ0v) is 7.45. The van der Waals surface area contributed by atoms with Gasteiger partial charge in [-0.25, -0.2) is 4.98 Å². The summed E-state index contributed by atoms with van der Waals surface area (Å²) >= 11 is 0. The number of imidazole rings is 1. The van der Waals surface area contributed by atoms with E-state index in [4.69, 9.17) is 10.8 Å². The molecule has 0 spiro atoms. The number of H-pyrrole nitrogens is 1. The number of carboxylic acid groups (broad SMARTS) is 1. The number of aromatic nitrogens is 2. The first-order valence-corrected chi connectivity index (χ1v) is 3.16. The Morgan fingerprint density at radius 1 is 1.47 bits per heavy atom. The minimum absolute atomic E-state index is 0. The molecule has 0 bridgehead atoms. The van der Waals surface area contributed by atoms with Crippen molar-refractivity contribution in [3.05, 3.63) is 18.2 Å². The molecule has 0 saturated carbocycles. The van der Waals surface area contributed by atoms with E-state index < -0.39 is 12.0 Å². The highest BCUT2D eigenvalue weighted by Crippen LogP contribution is 1.95. The zero-order chi connectivity index (χ0) is 8.27. The topological polar surface area (TPSA) is 92.0 Å². The van der Waals surface area contributed by atoms with Gasteiger partial charge in [-0.1, -0.05) is 0 Å². The van der Waals surface area contributed by atoms with Crippen LogP contribution in [0.4, 0.5) is 18.8 Å². The highest BCUT2D eigenvalue weighted by atomic mass is 19.0. The van der Waals surface area contributed by atoms with Crippen molar-refractivity contribution in [2.45, 2.75) is 12.5 Å². The number of aromatic amines is 1. The third-order valence-corrected chi connectivity index (χ3v) is 1.31. The lowest BCUT2D eigenvalue weighted by atomic mass is 10.2. The van der Waals surface area contributed by atoms with Gasteiger partial charge in [0, 0.05) is 18.3 Å². The summed E-state index contributed by atoms with van der Waals surface area (Å²) in [6.07, 6.45) is 3.34. The Balaban J connectivity index is -0.000000151. The van der Waals surface area contributed by atoms with Crippen LogP contribution in [0.25, 0.3) is 0 Å². The summed E-state index contributed by atoms with van der Waals surface area (Å²) in [7, 11) is 0. The van der Waals surface area contributed by atoms with Crippen LogP contribution in [0.3, 0.4) is 0 Å². The van der Waals surface area contributed by atoms with Crippen molar-refractivity contribution in [3.8, 4) is 0 Å². The Hall–Kier alpha value is -1.64. The summed E-state index contributed by atoms with van der Waals surface area (Å²) in [5, 5.41) is 8.42. The van der Waals surface area contributed by atoms with E-state index in [0.717, 1.165) is 5.69 Å². The third kappa shape index (κ3) is 7.43. The Bertz CT molecular complexity index is 245. The molecule has 0 fully saturated rings. The molecule has 0 aliphatic rings. The maximum atomic E-state index is 10.3. The molecular weight excluding hydrogens is 222 g/mol. The lowest BCUT2D eigenvalue weighted by Crippen LogP contribution is -2.32. The number of halogens is 4. The summed E-state index contributed by atoms with van der Waals surface area (Å²) in [5.74, 6) is -1.00. The lowest BCUT2D eigenvalue weighted by Gasteiger charge is -2.02. The molecule has 1 heterocycles. The average Bonchev–Trinajstić information content (AvgIpc) is 2.39. The lowest BCUT2D eigenvalue weighted by molar-refractivity contribution is -0.138. The molecular formula is C6H13F4N3O2. The highest BCUT2D eigenvalue weighted by Gasteiger charge is 2.11. The van der Waals surface area contributed by atoms with Crippen LogP contribution in [0.5, 0.6) is 0 Å². The molecule has 1 aromatic heterocycles. The zero-order valence-electron chi connectivity index (χ0n) is 7.45. The SMILES string of the molecule is F.F.F.F.NC(Cc1cnc[nH]1)C(=O)O. The minimum atomic E-state index is -1.00. The molecule has 15 heavy (non-hydrogen) atoms. The van der Waals surface area contributed by atoms with Gasteiger partial charge < -0.3 is 15.8 Å². The van der Waals surface area contributed by atoms with Gasteiger partial charge in [-0.3, -0.25) is 23.6 Å². The van der Waals surface area contributed by atoms with Crippen LogP contribution >= 0.6 is 0 Å². The Kier molecular flexibility index (Phi) is 16.2. The minimum Gasteiger partial charge on any atom is -0.480 e. The maximum Gasteiger partial charge on any atom is 0.320 e. The molecule has 0 saturated heterocycles. The van der Waals surface area contributed by atoms with Crippen LogP contribution in [-0.4, -0.2) is 27.1 Å². The maximum absolute atomic E-state index is 10.3. The first kappa shape index (κ1) is 23.3. The van der Waals surface area contributed by atoms with Crippen molar-refractivity contribution in [3.63, 3.8) is 0 Å². The molecule has 1 rings (SSSR count). The average molecular weight is 235 g/mol. The van der Waals surface area contributed by atoms with Crippen LogP contribution in [0.15, 0.2) is 12.5 Å². The fourth-order valence-corrected chi connectivity index (χ4v) is 0.721. The normalized spacial score (nSPS) is 9.40. The quantitative estimate of drug-likeness (QED) is 0.642. The van der Waals surface area contributed by atoms with Gasteiger partial charge in [-0.2, -0.15) is 0 Å². The first-order chi connectivity index (χ1) is 5.20. The smallest absolute Gasteiger partial charge is 0.320 e. The summed E-state index contributed by atoms with van der Waals surface area (Å²) in [6.45, 7) is 0. The molecule has 1 unspecified atom stereocenters. The Morgan fingerprint density at radius 3 is 2.33 bits per heavy atom. The van der Waals surface area contributed by atoms with Gasteiger partial charge in [-0.05, 0) is 0 Å². The third-order valence-electron chi connectivity index (χ3n) is 1.31. The van der Waals surface area contributed by atoms with Gasteiger partial charge >= 0.3 is 5.97 Å². The van der Waals surface area contributed by atoms with E-state index in [9.17, 15) is 4.79 Å². The number of nitrogens with one attached hydrogen (secondary N) is 1. The molecule has 9 heteroatoms. The van der Waals surface area contributed by atoms with Crippen LogP contribution < -0.4 is 5.73 Å². The van der Waals surface area contributed by atoms with Crippen molar-refractivity contribution >= 4 is 5.97 Å². The number of hydrogen-bond acceptors (Lipinski definition) is 3. The number of nitrogens with zero attached hydrogens (tertiary/aromatic N) is 1.